The zero-order valence-electron chi connectivity index (χ0n) is 10.6. The summed E-state index contributed by atoms with van der Waals surface area (Å²) in [5.41, 5.74) is 1.45. The van der Waals surface area contributed by atoms with Crippen molar-refractivity contribution in [3.05, 3.63) is 52.1 Å². The fraction of sp³-hybridized carbons (Fsp3) is 0.231. The maximum absolute atomic E-state index is 13.7. The maximum atomic E-state index is 13.7. The lowest BCUT2D eigenvalue weighted by Gasteiger charge is -2.18. The molecule has 0 aliphatic rings. The van der Waals surface area contributed by atoms with Gasteiger partial charge in [-0.1, -0.05) is 17.7 Å². The van der Waals surface area contributed by atoms with E-state index in [4.69, 9.17) is 11.6 Å². The average Bonchev–Trinajstić information content (AvgIpc) is 2.79. The van der Waals surface area contributed by atoms with E-state index in [0.29, 0.717) is 21.8 Å². The number of nitrogens with one attached hydrogen (secondary N) is 1. The molecule has 0 spiro atoms. The Bertz CT molecular complexity index is 591. The number of hydrogen-bond acceptors (Lipinski definition) is 2. The highest BCUT2D eigenvalue weighted by Crippen LogP contribution is 2.21. The number of aromatic amines is 1. The molecule has 0 radical (unpaired) electrons. The molecule has 1 heterocycles. The smallest absolute Gasteiger partial charge is 0.257 e. The quantitative estimate of drug-likeness (QED) is 0.940. The van der Waals surface area contributed by atoms with Crippen LogP contribution in [0, 0.1) is 12.7 Å². The Morgan fingerprint density at radius 2 is 2.26 bits per heavy atom. The Kier molecular flexibility index (Phi) is 3.85. The molecular weight excluding hydrogens is 269 g/mol. The van der Waals surface area contributed by atoms with Gasteiger partial charge in [0, 0.05) is 29.9 Å². The van der Waals surface area contributed by atoms with Gasteiger partial charge in [-0.3, -0.25) is 9.89 Å². The number of rotatable bonds is 3. The second-order valence-corrected chi connectivity index (χ2v) is 4.68. The minimum Gasteiger partial charge on any atom is -0.337 e. The van der Waals surface area contributed by atoms with E-state index < -0.39 is 5.82 Å². The van der Waals surface area contributed by atoms with Crippen LogP contribution in [0.4, 0.5) is 4.39 Å². The largest absolute Gasteiger partial charge is 0.337 e. The molecule has 0 atom stereocenters. The average molecular weight is 282 g/mol. The molecule has 0 bridgehead atoms. The van der Waals surface area contributed by atoms with Gasteiger partial charge in [-0.2, -0.15) is 5.10 Å². The van der Waals surface area contributed by atoms with Crippen molar-refractivity contribution < 1.29 is 9.18 Å². The zero-order valence-corrected chi connectivity index (χ0v) is 11.3. The summed E-state index contributed by atoms with van der Waals surface area (Å²) in [5, 5.41) is 6.80. The van der Waals surface area contributed by atoms with Crippen LogP contribution in [-0.4, -0.2) is 28.1 Å². The summed E-state index contributed by atoms with van der Waals surface area (Å²) < 4.78 is 13.7. The SMILES string of the molecule is Cc1[nH]ncc1C(=O)N(C)Cc1c(F)cccc1Cl. The molecule has 2 aromatic rings. The number of hydrogen-bond donors (Lipinski definition) is 1. The molecule has 0 saturated carbocycles. The molecule has 1 N–H and O–H groups in total. The van der Waals surface area contributed by atoms with Crippen molar-refractivity contribution in [2.45, 2.75) is 13.5 Å². The van der Waals surface area contributed by atoms with Crippen LogP contribution in [0.3, 0.4) is 0 Å². The van der Waals surface area contributed by atoms with Crippen LogP contribution in [-0.2, 0) is 6.54 Å². The summed E-state index contributed by atoms with van der Waals surface area (Å²) in [5.74, 6) is -0.651. The van der Waals surface area contributed by atoms with Crippen LogP contribution < -0.4 is 0 Å². The molecule has 4 nitrogen and oxygen atoms in total. The van der Waals surface area contributed by atoms with Crippen LogP contribution in [0.1, 0.15) is 21.6 Å². The number of H-pyrrole nitrogens is 1. The van der Waals surface area contributed by atoms with Crippen molar-refractivity contribution in [3.63, 3.8) is 0 Å². The van der Waals surface area contributed by atoms with E-state index in [0.717, 1.165) is 0 Å². The van der Waals surface area contributed by atoms with Crippen LogP contribution in [0.2, 0.25) is 5.02 Å². The Hall–Kier alpha value is -1.88. The number of benzene rings is 1. The lowest BCUT2D eigenvalue weighted by atomic mass is 10.1. The van der Waals surface area contributed by atoms with Crippen LogP contribution in [0.15, 0.2) is 24.4 Å². The number of halogens is 2. The molecule has 0 saturated heterocycles. The van der Waals surface area contributed by atoms with Gasteiger partial charge < -0.3 is 4.90 Å². The summed E-state index contributed by atoms with van der Waals surface area (Å²) in [4.78, 5) is 13.6. The molecule has 0 aliphatic heterocycles. The monoisotopic (exact) mass is 281 g/mol. The third kappa shape index (κ3) is 2.76. The summed E-state index contributed by atoms with van der Waals surface area (Å²) in [6, 6.07) is 4.45. The highest BCUT2D eigenvalue weighted by Gasteiger charge is 2.18. The van der Waals surface area contributed by atoms with Gasteiger partial charge in [0.25, 0.3) is 5.91 Å². The predicted molar refractivity (Wildman–Crippen MR) is 70.5 cm³/mol. The van der Waals surface area contributed by atoms with Crippen LogP contribution in [0.25, 0.3) is 0 Å². The third-order valence-electron chi connectivity index (χ3n) is 2.86. The fourth-order valence-electron chi connectivity index (χ4n) is 1.76. The number of carbonyl (C=O) groups excluding carboxylic acids is 1. The molecule has 2 rings (SSSR count). The minimum atomic E-state index is -0.420. The van der Waals surface area contributed by atoms with E-state index in [1.54, 1.807) is 20.0 Å². The van der Waals surface area contributed by atoms with E-state index in [9.17, 15) is 9.18 Å². The molecule has 0 fully saturated rings. The van der Waals surface area contributed by atoms with E-state index in [2.05, 4.69) is 10.2 Å². The number of aromatic nitrogens is 2. The van der Waals surface area contributed by atoms with E-state index in [-0.39, 0.29) is 12.5 Å². The van der Waals surface area contributed by atoms with Gasteiger partial charge in [-0.15, -0.1) is 0 Å². The Balaban J connectivity index is 2.20. The number of carbonyl (C=O) groups is 1. The summed E-state index contributed by atoms with van der Waals surface area (Å²) in [6.45, 7) is 1.86. The molecule has 1 aromatic heterocycles. The molecule has 100 valence electrons. The first kappa shape index (κ1) is 13.5. The van der Waals surface area contributed by atoms with Gasteiger partial charge >= 0.3 is 0 Å². The second-order valence-electron chi connectivity index (χ2n) is 4.27. The Morgan fingerprint density at radius 1 is 1.53 bits per heavy atom. The van der Waals surface area contributed by atoms with Gasteiger partial charge in [-0.25, -0.2) is 4.39 Å². The van der Waals surface area contributed by atoms with Crippen molar-refractivity contribution in [2.24, 2.45) is 0 Å². The molecule has 1 amide bonds. The van der Waals surface area contributed by atoms with Crippen LogP contribution >= 0.6 is 11.6 Å². The second kappa shape index (κ2) is 5.40. The van der Waals surface area contributed by atoms with Gasteiger partial charge in [0.1, 0.15) is 5.82 Å². The molecule has 0 aliphatic carbocycles. The normalized spacial score (nSPS) is 10.5. The standard InChI is InChI=1S/C13H13ClFN3O/c1-8-9(6-16-17-8)13(19)18(2)7-10-11(14)4-3-5-12(10)15/h3-6H,7H2,1-2H3,(H,16,17). The van der Waals surface area contributed by atoms with E-state index in [1.165, 1.54) is 23.2 Å². The number of nitrogens with zero attached hydrogens (tertiary/aromatic N) is 2. The van der Waals surface area contributed by atoms with Gasteiger partial charge in [0.2, 0.25) is 0 Å². The van der Waals surface area contributed by atoms with E-state index >= 15 is 0 Å². The molecular formula is C13H13ClFN3O. The fourth-order valence-corrected chi connectivity index (χ4v) is 1.99. The Labute approximate surface area is 115 Å². The summed E-state index contributed by atoms with van der Waals surface area (Å²) in [6.07, 6.45) is 1.46. The zero-order chi connectivity index (χ0) is 14.0. The first-order valence-electron chi connectivity index (χ1n) is 5.69. The molecule has 0 unspecified atom stereocenters. The first-order chi connectivity index (χ1) is 9.00. The molecule has 1 aromatic carbocycles. The lowest BCUT2D eigenvalue weighted by molar-refractivity contribution is 0.0783. The molecule has 19 heavy (non-hydrogen) atoms. The maximum Gasteiger partial charge on any atom is 0.257 e. The lowest BCUT2D eigenvalue weighted by Crippen LogP contribution is -2.27. The topological polar surface area (TPSA) is 49.0 Å². The van der Waals surface area contributed by atoms with Gasteiger partial charge in [0.15, 0.2) is 0 Å². The Morgan fingerprint density at radius 3 is 2.84 bits per heavy atom. The van der Waals surface area contributed by atoms with Crippen molar-refractivity contribution in [1.82, 2.24) is 15.1 Å². The number of aryl methyl sites for hydroxylation is 1. The van der Waals surface area contributed by atoms with Gasteiger partial charge in [-0.05, 0) is 19.1 Å². The minimum absolute atomic E-state index is 0.106. The van der Waals surface area contributed by atoms with Crippen molar-refractivity contribution in [2.75, 3.05) is 7.05 Å². The summed E-state index contributed by atoms with van der Waals surface area (Å²) in [7, 11) is 1.59. The predicted octanol–water partition coefficient (Wildman–Crippen LogP) is 2.78. The van der Waals surface area contributed by atoms with Crippen LogP contribution in [0.5, 0.6) is 0 Å². The van der Waals surface area contributed by atoms with Crippen molar-refractivity contribution in [1.29, 1.82) is 0 Å². The highest BCUT2D eigenvalue weighted by molar-refractivity contribution is 6.31. The summed E-state index contributed by atoms with van der Waals surface area (Å²) >= 11 is 5.94. The first-order valence-corrected chi connectivity index (χ1v) is 6.07. The number of amides is 1. The third-order valence-corrected chi connectivity index (χ3v) is 3.22. The van der Waals surface area contributed by atoms with Gasteiger partial charge in [0.05, 0.1) is 11.8 Å². The van der Waals surface area contributed by atoms with E-state index in [1.807, 2.05) is 0 Å². The molecule has 6 heteroatoms. The van der Waals surface area contributed by atoms with Crippen molar-refractivity contribution in [3.8, 4) is 0 Å². The van der Waals surface area contributed by atoms with Crippen molar-refractivity contribution >= 4 is 17.5 Å². The highest BCUT2D eigenvalue weighted by atomic mass is 35.5.